The number of aromatic nitrogens is 2. The number of carbonyl (C=O) groups is 1. The van der Waals surface area contributed by atoms with Crippen molar-refractivity contribution in [1.29, 1.82) is 0 Å². The number of benzene rings is 2. The van der Waals surface area contributed by atoms with Crippen LogP contribution >= 0.6 is 0 Å². The van der Waals surface area contributed by atoms with Gasteiger partial charge in [-0.05, 0) is 37.3 Å². The van der Waals surface area contributed by atoms with Crippen LogP contribution in [0.5, 0.6) is 5.75 Å². The van der Waals surface area contributed by atoms with Crippen LogP contribution in [0.2, 0.25) is 0 Å². The molecule has 6 heteroatoms. The number of hydrogen-bond donors (Lipinski definition) is 1. The summed E-state index contributed by atoms with van der Waals surface area (Å²) < 4.78 is 21.0. The first-order chi connectivity index (χ1) is 12.1. The summed E-state index contributed by atoms with van der Waals surface area (Å²) >= 11 is 0. The summed E-state index contributed by atoms with van der Waals surface area (Å²) in [6.45, 7) is 2.40. The van der Waals surface area contributed by atoms with Crippen molar-refractivity contribution in [2.75, 3.05) is 12.4 Å². The van der Waals surface area contributed by atoms with Gasteiger partial charge in [-0.3, -0.25) is 9.48 Å². The van der Waals surface area contributed by atoms with Crippen LogP contribution in [0.15, 0.2) is 54.6 Å². The third-order valence-electron chi connectivity index (χ3n) is 3.80. The van der Waals surface area contributed by atoms with Crippen LogP contribution in [-0.4, -0.2) is 22.8 Å². The average Bonchev–Trinajstić information content (AvgIpc) is 3.06. The Morgan fingerprint density at radius 2 is 1.96 bits per heavy atom. The van der Waals surface area contributed by atoms with Gasteiger partial charge in [0.25, 0.3) is 5.91 Å². The van der Waals surface area contributed by atoms with Crippen LogP contribution < -0.4 is 10.1 Å². The molecular formula is C19H18FN3O2. The molecule has 0 aliphatic rings. The number of carbonyl (C=O) groups excluding carboxylic acids is 1. The lowest BCUT2D eigenvalue weighted by molar-refractivity contribution is 0.102. The monoisotopic (exact) mass is 339 g/mol. The summed E-state index contributed by atoms with van der Waals surface area (Å²) in [5.41, 5.74) is 1.82. The van der Waals surface area contributed by atoms with Crippen molar-refractivity contribution in [3.05, 3.63) is 66.1 Å². The van der Waals surface area contributed by atoms with E-state index in [9.17, 15) is 9.18 Å². The summed E-state index contributed by atoms with van der Waals surface area (Å²) in [6, 6.07) is 15.3. The van der Waals surface area contributed by atoms with E-state index in [2.05, 4.69) is 10.4 Å². The highest BCUT2D eigenvalue weighted by molar-refractivity contribution is 6.03. The first-order valence-electron chi connectivity index (χ1n) is 7.90. The Morgan fingerprint density at radius 1 is 1.20 bits per heavy atom. The minimum atomic E-state index is -0.427. The Labute approximate surface area is 145 Å². The number of nitrogens with one attached hydrogen (secondary N) is 1. The van der Waals surface area contributed by atoms with Crippen LogP contribution in [-0.2, 0) is 6.54 Å². The van der Waals surface area contributed by atoms with E-state index in [-0.39, 0.29) is 11.6 Å². The zero-order chi connectivity index (χ0) is 17.8. The van der Waals surface area contributed by atoms with Crippen molar-refractivity contribution >= 4 is 11.6 Å². The molecule has 0 radical (unpaired) electrons. The van der Waals surface area contributed by atoms with E-state index in [1.165, 1.54) is 13.2 Å². The zero-order valence-electron chi connectivity index (χ0n) is 14.0. The van der Waals surface area contributed by atoms with Gasteiger partial charge in [0.2, 0.25) is 0 Å². The van der Waals surface area contributed by atoms with Gasteiger partial charge in [-0.2, -0.15) is 5.10 Å². The van der Waals surface area contributed by atoms with Gasteiger partial charge in [-0.1, -0.05) is 18.2 Å². The first kappa shape index (κ1) is 16.7. The molecule has 1 N–H and O–H groups in total. The Kier molecular flexibility index (Phi) is 4.79. The van der Waals surface area contributed by atoms with Crippen LogP contribution in [0.3, 0.4) is 0 Å². The molecule has 0 aliphatic heterocycles. The van der Waals surface area contributed by atoms with Gasteiger partial charge in [-0.25, -0.2) is 4.39 Å². The summed E-state index contributed by atoms with van der Waals surface area (Å²) in [5.74, 6) is -0.330. The van der Waals surface area contributed by atoms with Crippen molar-refractivity contribution in [2.24, 2.45) is 0 Å². The normalized spacial score (nSPS) is 10.5. The second-order valence-corrected chi connectivity index (χ2v) is 5.40. The maximum absolute atomic E-state index is 14.4. The minimum absolute atomic E-state index is 0.232. The van der Waals surface area contributed by atoms with Gasteiger partial charge in [0.1, 0.15) is 11.6 Å². The molecule has 1 amide bonds. The van der Waals surface area contributed by atoms with Crippen molar-refractivity contribution in [1.82, 2.24) is 9.78 Å². The molecule has 0 fully saturated rings. The Morgan fingerprint density at radius 3 is 2.60 bits per heavy atom. The van der Waals surface area contributed by atoms with E-state index >= 15 is 0 Å². The molecule has 0 atom stereocenters. The standard InChI is InChI=1S/C19H18FN3O2/c1-3-23-18(15-10-9-14(25-2)11-16(15)20)12-17(22-23)19(24)21-13-7-5-4-6-8-13/h4-12H,3H2,1-2H3,(H,21,24). The number of aryl methyl sites for hydroxylation is 1. The lowest BCUT2D eigenvalue weighted by Gasteiger charge is -2.07. The number of rotatable bonds is 5. The van der Waals surface area contributed by atoms with E-state index in [0.717, 1.165) is 0 Å². The predicted molar refractivity (Wildman–Crippen MR) is 94.2 cm³/mol. The molecule has 0 saturated carbocycles. The van der Waals surface area contributed by atoms with Crippen molar-refractivity contribution in [3.63, 3.8) is 0 Å². The highest BCUT2D eigenvalue weighted by Crippen LogP contribution is 2.27. The summed E-state index contributed by atoms with van der Waals surface area (Å²) in [6.07, 6.45) is 0. The van der Waals surface area contributed by atoms with Crippen LogP contribution in [0.4, 0.5) is 10.1 Å². The van der Waals surface area contributed by atoms with Crippen molar-refractivity contribution < 1.29 is 13.9 Å². The lowest BCUT2D eigenvalue weighted by Crippen LogP contribution is -2.13. The second-order valence-electron chi connectivity index (χ2n) is 5.40. The quantitative estimate of drug-likeness (QED) is 0.765. The highest BCUT2D eigenvalue weighted by Gasteiger charge is 2.17. The van der Waals surface area contributed by atoms with Gasteiger partial charge in [0.05, 0.1) is 12.8 Å². The SMILES string of the molecule is CCn1nc(C(=O)Nc2ccccc2)cc1-c1ccc(OC)cc1F. The predicted octanol–water partition coefficient (Wildman–Crippen LogP) is 3.97. The van der Waals surface area contributed by atoms with E-state index in [1.54, 1.807) is 35.0 Å². The summed E-state index contributed by atoms with van der Waals surface area (Å²) in [4.78, 5) is 12.4. The van der Waals surface area contributed by atoms with Crippen molar-refractivity contribution in [3.8, 4) is 17.0 Å². The van der Waals surface area contributed by atoms with Crippen LogP contribution in [0, 0.1) is 5.82 Å². The van der Waals surface area contributed by atoms with Gasteiger partial charge < -0.3 is 10.1 Å². The zero-order valence-corrected chi connectivity index (χ0v) is 14.0. The number of methoxy groups -OCH3 is 1. The Bertz CT molecular complexity index is 891. The van der Waals surface area contributed by atoms with E-state index in [0.29, 0.717) is 29.2 Å². The number of amides is 1. The van der Waals surface area contributed by atoms with Crippen LogP contribution in [0.25, 0.3) is 11.3 Å². The molecule has 0 unspecified atom stereocenters. The number of anilines is 1. The molecule has 2 aromatic carbocycles. The summed E-state index contributed by atoms with van der Waals surface area (Å²) in [7, 11) is 1.48. The second kappa shape index (κ2) is 7.17. The molecule has 5 nitrogen and oxygen atoms in total. The van der Waals surface area contributed by atoms with Gasteiger partial charge >= 0.3 is 0 Å². The van der Waals surface area contributed by atoms with Gasteiger partial charge in [0.15, 0.2) is 5.69 Å². The maximum Gasteiger partial charge on any atom is 0.276 e. The highest BCUT2D eigenvalue weighted by atomic mass is 19.1. The van der Waals surface area contributed by atoms with E-state index in [1.807, 2.05) is 25.1 Å². The molecule has 0 aliphatic carbocycles. The fraction of sp³-hybridized carbons (Fsp3) is 0.158. The van der Waals surface area contributed by atoms with Crippen molar-refractivity contribution in [2.45, 2.75) is 13.5 Å². The molecule has 25 heavy (non-hydrogen) atoms. The number of hydrogen-bond acceptors (Lipinski definition) is 3. The molecule has 1 heterocycles. The maximum atomic E-state index is 14.4. The Hall–Kier alpha value is -3.15. The number of halogens is 1. The molecule has 1 aromatic heterocycles. The molecule has 128 valence electrons. The first-order valence-corrected chi connectivity index (χ1v) is 7.90. The fourth-order valence-corrected chi connectivity index (χ4v) is 2.53. The van der Waals surface area contributed by atoms with E-state index < -0.39 is 5.82 Å². The smallest absolute Gasteiger partial charge is 0.276 e. The molecule has 0 bridgehead atoms. The number of ether oxygens (including phenoxy) is 1. The lowest BCUT2D eigenvalue weighted by atomic mass is 10.1. The average molecular weight is 339 g/mol. The van der Waals surface area contributed by atoms with Crippen LogP contribution in [0.1, 0.15) is 17.4 Å². The minimum Gasteiger partial charge on any atom is -0.497 e. The molecule has 0 spiro atoms. The largest absolute Gasteiger partial charge is 0.497 e. The topological polar surface area (TPSA) is 56.2 Å². The van der Waals surface area contributed by atoms with Gasteiger partial charge in [-0.15, -0.1) is 0 Å². The summed E-state index contributed by atoms with van der Waals surface area (Å²) in [5, 5.41) is 7.07. The van der Waals surface area contributed by atoms with Gasteiger partial charge in [0, 0.05) is 23.9 Å². The fourth-order valence-electron chi connectivity index (χ4n) is 2.53. The Balaban J connectivity index is 1.93. The molecule has 3 aromatic rings. The molecule has 3 rings (SSSR count). The molecular weight excluding hydrogens is 321 g/mol. The van der Waals surface area contributed by atoms with E-state index in [4.69, 9.17) is 4.74 Å². The number of para-hydroxylation sites is 1. The molecule has 0 saturated heterocycles. The number of nitrogens with zero attached hydrogens (tertiary/aromatic N) is 2. The third kappa shape index (κ3) is 3.52. The third-order valence-corrected chi connectivity index (χ3v) is 3.80.